The van der Waals surface area contributed by atoms with Gasteiger partial charge < -0.3 is 18.5 Å². The van der Waals surface area contributed by atoms with Gasteiger partial charge in [0, 0.05) is 23.8 Å². The molecule has 4 aromatic rings. The summed E-state index contributed by atoms with van der Waals surface area (Å²) in [4.78, 5) is 27.7. The van der Waals surface area contributed by atoms with Gasteiger partial charge in [0.15, 0.2) is 12.4 Å². The SMILES string of the molecule is COc1ccc(C(N[C@H]2[C@H](F)[C@H](n3cc(C)c(=O)[nH]c3=O)O[C@@H]2COP(OCCC#N)N(C(C)C)C(C)C)(c2ccccc2)c2ccccc2)cc1. The largest absolute Gasteiger partial charge is 0.497 e. The Kier molecular flexibility index (Phi) is 13.2. The van der Waals surface area contributed by atoms with E-state index in [1.54, 1.807) is 14.0 Å². The predicted molar refractivity (Wildman–Crippen MR) is 199 cm³/mol. The van der Waals surface area contributed by atoms with E-state index >= 15 is 4.39 Å². The molecule has 0 aliphatic carbocycles. The van der Waals surface area contributed by atoms with Crippen LogP contribution in [0.4, 0.5) is 4.39 Å². The van der Waals surface area contributed by atoms with E-state index in [1.165, 1.54) is 6.20 Å². The molecule has 1 fully saturated rings. The molecule has 1 aliphatic rings. The molecule has 1 aromatic heterocycles. The van der Waals surface area contributed by atoms with Gasteiger partial charge >= 0.3 is 5.69 Å². The van der Waals surface area contributed by atoms with Crippen LogP contribution in [0.15, 0.2) is 101 Å². The minimum Gasteiger partial charge on any atom is -0.497 e. The van der Waals surface area contributed by atoms with Crippen molar-refractivity contribution in [3.8, 4) is 11.8 Å². The van der Waals surface area contributed by atoms with Crippen molar-refractivity contribution in [2.24, 2.45) is 0 Å². The lowest BCUT2D eigenvalue weighted by atomic mass is 9.76. The van der Waals surface area contributed by atoms with Crippen LogP contribution in [0, 0.1) is 18.3 Å². The number of aromatic nitrogens is 2. The molecule has 0 bridgehead atoms. The Hall–Kier alpha value is -4.21. The van der Waals surface area contributed by atoms with E-state index < -0.39 is 49.9 Å². The number of rotatable bonds is 16. The van der Waals surface area contributed by atoms with E-state index in [0.717, 1.165) is 21.3 Å². The molecule has 0 radical (unpaired) electrons. The second kappa shape index (κ2) is 17.5. The number of methoxy groups -OCH3 is 1. The minimum absolute atomic E-state index is 0.0369. The van der Waals surface area contributed by atoms with Crippen LogP contribution in [0.2, 0.25) is 0 Å². The van der Waals surface area contributed by atoms with Gasteiger partial charge in [0.25, 0.3) is 14.1 Å². The van der Waals surface area contributed by atoms with Crippen molar-refractivity contribution in [1.82, 2.24) is 19.5 Å². The smallest absolute Gasteiger partial charge is 0.330 e. The molecule has 5 atom stereocenters. The van der Waals surface area contributed by atoms with Crippen molar-refractivity contribution < 1.29 is 22.9 Å². The van der Waals surface area contributed by atoms with Crippen LogP contribution in [-0.4, -0.2) is 64.9 Å². The number of nitrogens with one attached hydrogen (secondary N) is 2. The highest BCUT2D eigenvalue weighted by Gasteiger charge is 2.51. The highest BCUT2D eigenvalue weighted by Crippen LogP contribution is 2.48. The molecule has 2 N–H and O–H groups in total. The van der Waals surface area contributed by atoms with E-state index in [4.69, 9.17) is 18.5 Å². The third-order valence-corrected chi connectivity index (χ3v) is 11.2. The summed E-state index contributed by atoms with van der Waals surface area (Å²) >= 11 is 0. The van der Waals surface area contributed by atoms with Gasteiger partial charge in [0.05, 0.1) is 44.4 Å². The third-order valence-electron chi connectivity index (χ3n) is 9.08. The molecule has 1 saturated heterocycles. The normalized spacial score (nSPS) is 19.6. The molecule has 11 nitrogen and oxygen atoms in total. The van der Waals surface area contributed by atoms with Gasteiger partial charge in [-0.25, -0.2) is 13.9 Å². The van der Waals surface area contributed by atoms with Crippen LogP contribution in [0.25, 0.3) is 0 Å². The van der Waals surface area contributed by atoms with Crippen LogP contribution in [-0.2, 0) is 19.3 Å². The lowest BCUT2D eigenvalue weighted by Crippen LogP contribution is -2.56. The van der Waals surface area contributed by atoms with E-state index in [-0.39, 0.29) is 37.3 Å². The molecule has 0 saturated carbocycles. The lowest BCUT2D eigenvalue weighted by molar-refractivity contribution is -0.0395. The van der Waals surface area contributed by atoms with Gasteiger partial charge in [-0.2, -0.15) is 5.26 Å². The standard InChI is InChI=1S/C39H47FN5O6P/c1-26(2)45(27(3)4)52(49-23-13-22-41)50-25-33-35(34(40)37(51-33)44-24-28(5)36(46)42-38(44)47)43-39(29-14-9-7-10-15-29,30-16-11-8-12-17-30)31-18-20-32(48-6)21-19-31/h7-12,14-21,24,26-27,33-35,37,43H,13,23,25H2,1-6H3,(H,42,46,47)/t33-,34+,35-,37-,52?/m1/s1. The maximum Gasteiger partial charge on any atom is 0.330 e. The summed E-state index contributed by atoms with van der Waals surface area (Å²) in [5.74, 6) is 0.662. The van der Waals surface area contributed by atoms with E-state index in [1.807, 2.05) is 113 Å². The second-order valence-electron chi connectivity index (χ2n) is 13.2. The van der Waals surface area contributed by atoms with Crippen molar-refractivity contribution in [2.45, 2.75) is 83.2 Å². The predicted octanol–water partition coefficient (Wildman–Crippen LogP) is 6.33. The van der Waals surface area contributed by atoms with Crippen molar-refractivity contribution in [3.05, 3.63) is 134 Å². The Labute approximate surface area is 305 Å². The summed E-state index contributed by atoms with van der Waals surface area (Å²) in [5.41, 5.74) is 0.258. The van der Waals surface area contributed by atoms with Crippen molar-refractivity contribution >= 4 is 8.53 Å². The fourth-order valence-electron chi connectivity index (χ4n) is 6.70. The Bertz CT molecular complexity index is 1850. The zero-order valence-corrected chi connectivity index (χ0v) is 31.3. The number of halogens is 1. The number of nitriles is 1. The maximum atomic E-state index is 17.4. The molecule has 52 heavy (non-hydrogen) atoms. The quantitative estimate of drug-likeness (QED) is 0.0771. The molecule has 0 spiro atoms. The van der Waals surface area contributed by atoms with E-state index in [9.17, 15) is 14.9 Å². The average molecular weight is 732 g/mol. The van der Waals surface area contributed by atoms with E-state index in [0.29, 0.717) is 5.75 Å². The Balaban J connectivity index is 1.65. The first kappa shape index (κ1) is 39.0. The van der Waals surface area contributed by atoms with Crippen LogP contribution < -0.4 is 21.3 Å². The Morgan fingerprint density at radius 1 is 0.962 bits per heavy atom. The molecular weight excluding hydrogens is 684 g/mol. The summed E-state index contributed by atoms with van der Waals surface area (Å²) in [5, 5.41) is 12.9. The maximum absolute atomic E-state index is 17.4. The highest BCUT2D eigenvalue weighted by molar-refractivity contribution is 7.44. The molecular formula is C39H47FN5O6P. The number of H-pyrrole nitrogens is 1. The van der Waals surface area contributed by atoms with Crippen LogP contribution in [0.3, 0.4) is 0 Å². The summed E-state index contributed by atoms with van der Waals surface area (Å²) < 4.78 is 45.2. The number of aryl methyl sites for hydroxylation is 1. The zero-order chi connectivity index (χ0) is 37.4. The minimum atomic E-state index is -1.79. The average Bonchev–Trinajstić information content (AvgIpc) is 3.45. The molecule has 0 amide bonds. The zero-order valence-electron chi connectivity index (χ0n) is 30.4. The summed E-state index contributed by atoms with van der Waals surface area (Å²) in [6, 6.07) is 28.2. The second-order valence-corrected chi connectivity index (χ2v) is 14.7. The Morgan fingerprint density at radius 2 is 1.54 bits per heavy atom. The molecule has 1 unspecified atom stereocenters. The number of alkyl halides is 1. The van der Waals surface area contributed by atoms with Gasteiger partial charge in [-0.1, -0.05) is 72.8 Å². The molecule has 13 heteroatoms. The topological polar surface area (TPSA) is 131 Å². The number of ether oxygens (including phenoxy) is 2. The highest BCUT2D eigenvalue weighted by atomic mass is 31.2. The lowest BCUT2D eigenvalue weighted by Gasteiger charge is -2.41. The Morgan fingerprint density at radius 3 is 2.08 bits per heavy atom. The number of hydrogen-bond acceptors (Lipinski definition) is 9. The molecule has 1 aliphatic heterocycles. The fraction of sp³-hybridized carbons (Fsp3) is 0.410. The monoisotopic (exact) mass is 731 g/mol. The van der Waals surface area contributed by atoms with Gasteiger partial charge in [-0.3, -0.25) is 19.7 Å². The summed E-state index contributed by atoms with van der Waals surface area (Å²) in [6.45, 7) is 9.73. The van der Waals surface area contributed by atoms with Crippen molar-refractivity contribution in [2.75, 3.05) is 20.3 Å². The molecule has 2 heterocycles. The third kappa shape index (κ3) is 8.37. The van der Waals surface area contributed by atoms with Crippen LogP contribution >= 0.6 is 8.53 Å². The van der Waals surface area contributed by atoms with E-state index in [2.05, 4.69) is 21.0 Å². The molecule has 276 valence electrons. The number of hydrogen-bond donors (Lipinski definition) is 2. The van der Waals surface area contributed by atoms with Gasteiger partial charge in [-0.15, -0.1) is 0 Å². The number of benzene rings is 3. The fourth-order valence-corrected chi connectivity index (χ4v) is 8.32. The molecule has 5 rings (SSSR count). The van der Waals surface area contributed by atoms with Crippen LogP contribution in [0.5, 0.6) is 5.75 Å². The summed E-state index contributed by atoms with van der Waals surface area (Å²) in [6.07, 6.45) is -2.64. The van der Waals surface area contributed by atoms with Crippen molar-refractivity contribution in [1.29, 1.82) is 5.26 Å². The van der Waals surface area contributed by atoms with Gasteiger partial charge in [0.1, 0.15) is 11.9 Å². The summed E-state index contributed by atoms with van der Waals surface area (Å²) in [7, 11) is -0.0970. The van der Waals surface area contributed by atoms with Gasteiger partial charge in [0.2, 0.25) is 0 Å². The first-order valence-corrected chi connectivity index (χ1v) is 18.5. The number of nitrogens with zero attached hydrogens (tertiary/aromatic N) is 3. The van der Waals surface area contributed by atoms with Crippen LogP contribution in [0.1, 0.15) is 62.6 Å². The first-order valence-electron chi connectivity index (χ1n) is 17.4. The van der Waals surface area contributed by atoms with Crippen molar-refractivity contribution in [3.63, 3.8) is 0 Å². The van der Waals surface area contributed by atoms with Gasteiger partial charge in [-0.05, 0) is 63.4 Å². The molecule has 3 aromatic carbocycles. The first-order chi connectivity index (χ1) is 25.0. The number of aromatic amines is 1.